The van der Waals surface area contributed by atoms with Crippen LogP contribution in [0.1, 0.15) is 45.4 Å². The molecule has 0 amide bonds. The van der Waals surface area contributed by atoms with Crippen molar-refractivity contribution < 1.29 is 0 Å². The smallest absolute Gasteiger partial charge is 0.105 e. The van der Waals surface area contributed by atoms with Gasteiger partial charge in [-0.25, -0.2) is 4.98 Å². The summed E-state index contributed by atoms with van der Waals surface area (Å²) in [6.07, 6.45) is 9.30. The number of imidazole rings is 1. The SMILES string of the molecule is Cc1nccn1CCNC1CCC(C)(C)CC1. The topological polar surface area (TPSA) is 29.9 Å². The third kappa shape index (κ3) is 3.56. The molecule has 1 fully saturated rings. The van der Waals surface area contributed by atoms with Crippen LogP contribution in [0.2, 0.25) is 0 Å². The molecule has 0 aliphatic heterocycles. The van der Waals surface area contributed by atoms with Gasteiger partial charge in [0.2, 0.25) is 0 Å². The van der Waals surface area contributed by atoms with Crippen LogP contribution in [0.4, 0.5) is 0 Å². The second-order valence-corrected chi connectivity index (χ2v) is 6.06. The molecule has 1 N–H and O–H groups in total. The van der Waals surface area contributed by atoms with Crippen molar-refractivity contribution in [3.05, 3.63) is 18.2 Å². The molecule has 3 nitrogen and oxygen atoms in total. The van der Waals surface area contributed by atoms with E-state index in [2.05, 4.69) is 41.8 Å². The van der Waals surface area contributed by atoms with Crippen molar-refractivity contribution in [2.24, 2.45) is 5.41 Å². The zero-order valence-corrected chi connectivity index (χ0v) is 11.4. The first kappa shape index (κ1) is 12.6. The lowest BCUT2D eigenvalue weighted by Gasteiger charge is -2.34. The highest BCUT2D eigenvalue weighted by Crippen LogP contribution is 2.34. The summed E-state index contributed by atoms with van der Waals surface area (Å²) in [6, 6.07) is 0.729. The van der Waals surface area contributed by atoms with Crippen molar-refractivity contribution in [3.63, 3.8) is 0 Å². The number of aryl methyl sites for hydroxylation is 1. The maximum atomic E-state index is 4.24. The summed E-state index contributed by atoms with van der Waals surface area (Å²) in [5, 5.41) is 3.68. The van der Waals surface area contributed by atoms with Crippen LogP contribution >= 0.6 is 0 Å². The van der Waals surface area contributed by atoms with Crippen LogP contribution in [0.25, 0.3) is 0 Å². The van der Waals surface area contributed by atoms with E-state index >= 15 is 0 Å². The van der Waals surface area contributed by atoms with Crippen LogP contribution in [0, 0.1) is 12.3 Å². The highest BCUT2D eigenvalue weighted by atomic mass is 15.1. The van der Waals surface area contributed by atoms with Gasteiger partial charge in [-0.05, 0) is 38.0 Å². The van der Waals surface area contributed by atoms with Crippen LogP contribution in [-0.2, 0) is 6.54 Å². The maximum absolute atomic E-state index is 4.24. The van der Waals surface area contributed by atoms with Crippen molar-refractivity contribution in [2.45, 2.75) is 59.0 Å². The van der Waals surface area contributed by atoms with Gasteiger partial charge in [0.25, 0.3) is 0 Å². The average molecular weight is 235 g/mol. The van der Waals surface area contributed by atoms with E-state index in [0.29, 0.717) is 5.41 Å². The fraction of sp³-hybridized carbons (Fsp3) is 0.786. The van der Waals surface area contributed by atoms with Gasteiger partial charge in [0.05, 0.1) is 0 Å². The quantitative estimate of drug-likeness (QED) is 0.869. The summed E-state index contributed by atoms with van der Waals surface area (Å²) in [7, 11) is 0. The Morgan fingerprint density at radius 1 is 1.41 bits per heavy atom. The lowest BCUT2D eigenvalue weighted by Crippen LogP contribution is -2.37. The molecule has 0 saturated heterocycles. The third-order valence-electron chi connectivity index (χ3n) is 4.05. The molecule has 0 aromatic carbocycles. The Labute approximate surface area is 105 Å². The molecule has 2 rings (SSSR count). The summed E-state index contributed by atoms with van der Waals surface area (Å²) in [5.41, 5.74) is 0.569. The molecule has 1 aliphatic rings. The van der Waals surface area contributed by atoms with Crippen LogP contribution < -0.4 is 5.32 Å². The van der Waals surface area contributed by atoms with Crippen LogP contribution in [0.3, 0.4) is 0 Å². The summed E-state index contributed by atoms with van der Waals surface area (Å²) < 4.78 is 2.21. The van der Waals surface area contributed by atoms with Gasteiger partial charge in [0, 0.05) is 31.5 Å². The molecular formula is C14H25N3. The van der Waals surface area contributed by atoms with Crippen LogP contribution in [0.5, 0.6) is 0 Å². The summed E-state index contributed by atoms with van der Waals surface area (Å²) >= 11 is 0. The van der Waals surface area contributed by atoms with E-state index in [9.17, 15) is 0 Å². The number of aromatic nitrogens is 2. The second kappa shape index (κ2) is 5.21. The molecule has 1 aliphatic carbocycles. The minimum Gasteiger partial charge on any atom is -0.334 e. The molecule has 17 heavy (non-hydrogen) atoms. The van der Waals surface area contributed by atoms with E-state index in [1.165, 1.54) is 25.7 Å². The molecule has 0 atom stereocenters. The number of hydrogen-bond acceptors (Lipinski definition) is 2. The molecule has 1 heterocycles. The number of nitrogens with one attached hydrogen (secondary N) is 1. The lowest BCUT2D eigenvalue weighted by molar-refractivity contribution is 0.206. The van der Waals surface area contributed by atoms with Gasteiger partial charge in [-0.2, -0.15) is 0 Å². The molecule has 1 saturated carbocycles. The van der Waals surface area contributed by atoms with Gasteiger partial charge in [-0.3, -0.25) is 0 Å². The van der Waals surface area contributed by atoms with Crippen molar-refractivity contribution >= 4 is 0 Å². The average Bonchev–Trinajstić information content (AvgIpc) is 2.67. The minimum atomic E-state index is 0.569. The first-order chi connectivity index (χ1) is 8.07. The zero-order chi connectivity index (χ0) is 12.3. The van der Waals surface area contributed by atoms with Gasteiger partial charge in [0.1, 0.15) is 5.82 Å². The predicted octanol–water partition coefficient (Wildman–Crippen LogP) is 2.75. The molecular weight excluding hydrogens is 210 g/mol. The van der Waals surface area contributed by atoms with E-state index in [-0.39, 0.29) is 0 Å². The molecule has 1 aromatic heterocycles. The van der Waals surface area contributed by atoms with Crippen LogP contribution in [-0.4, -0.2) is 22.1 Å². The van der Waals surface area contributed by atoms with Gasteiger partial charge >= 0.3 is 0 Å². The first-order valence-electron chi connectivity index (χ1n) is 6.78. The fourth-order valence-corrected chi connectivity index (χ4v) is 2.63. The Kier molecular flexibility index (Phi) is 3.87. The Bertz CT molecular complexity index is 344. The number of rotatable bonds is 4. The van der Waals surface area contributed by atoms with E-state index < -0.39 is 0 Å². The van der Waals surface area contributed by atoms with Crippen molar-refractivity contribution in [3.8, 4) is 0 Å². The summed E-state index contributed by atoms with van der Waals surface area (Å²) in [6.45, 7) is 8.92. The number of nitrogens with zero attached hydrogens (tertiary/aromatic N) is 2. The molecule has 96 valence electrons. The van der Waals surface area contributed by atoms with Crippen molar-refractivity contribution in [1.82, 2.24) is 14.9 Å². The molecule has 0 radical (unpaired) electrons. The molecule has 0 spiro atoms. The Hall–Kier alpha value is -0.830. The number of hydrogen-bond donors (Lipinski definition) is 1. The monoisotopic (exact) mass is 235 g/mol. The Morgan fingerprint density at radius 2 is 2.12 bits per heavy atom. The summed E-state index contributed by atoms with van der Waals surface area (Å²) in [5.74, 6) is 1.11. The second-order valence-electron chi connectivity index (χ2n) is 6.06. The third-order valence-corrected chi connectivity index (χ3v) is 4.05. The highest BCUT2D eigenvalue weighted by molar-refractivity contribution is 4.89. The van der Waals surface area contributed by atoms with Gasteiger partial charge in [0.15, 0.2) is 0 Å². The Balaban J connectivity index is 1.68. The zero-order valence-electron chi connectivity index (χ0n) is 11.4. The predicted molar refractivity (Wildman–Crippen MR) is 71.0 cm³/mol. The highest BCUT2D eigenvalue weighted by Gasteiger charge is 2.26. The molecule has 0 bridgehead atoms. The summed E-state index contributed by atoms with van der Waals surface area (Å²) in [4.78, 5) is 4.24. The molecule has 3 heteroatoms. The molecule has 0 unspecified atom stereocenters. The van der Waals surface area contributed by atoms with Crippen molar-refractivity contribution in [2.75, 3.05) is 6.54 Å². The van der Waals surface area contributed by atoms with Gasteiger partial charge in [-0.1, -0.05) is 13.8 Å². The van der Waals surface area contributed by atoms with E-state index in [1.807, 2.05) is 6.20 Å². The maximum Gasteiger partial charge on any atom is 0.105 e. The molecule has 1 aromatic rings. The van der Waals surface area contributed by atoms with E-state index in [1.54, 1.807) is 0 Å². The van der Waals surface area contributed by atoms with Gasteiger partial charge in [-0.15, -0.1) is 0 Å². The van der Waals surface area contributed by atoms with Crippen molar-refractivity contribution in [1.29, 1.82) is 0 Å². The lowest BCUT2D eigenvalue weighted by atomic mass is 9.75. The largest absolute Gasteiger partial charge is 0.334 e. The van der Waals surface area contributed by atoms with E-state index in [4.69, 9.17) is 0 Å². The van der Waals surface area contributed by atoms with Gasteiger partial charge < -0.3 is 9.88 Å². The Morgan fingerprint density at radius 3 is 2.71 bits per heavy atom. The first-order valence-corrected chi connectivity index (χ1v) is 6.78. The minimum absolute atomic E-state index is 0.569. The standard InChI is InChI=1S/C14H25N3/c1-12-15-8-10-17(12)11-9-16-13-4-6-14(2,3)7-5-13/h8,10,13,16H,4-7,9,11H2,1-3H3. The van der Waals surface area contributed by atoms with Crippen LogP contribution in [0.15, 0.2) is 12.4 Å². The fourth-order valence-electron chi connectivity index (χ4n) is 2.63. The van der Waals surface area contributed by atoms with E-state index in [0.717, 1.165) is 25.0 Å². The normalized spacial score (nSPS) is 20.6.